The second kappa shape index (κ2) is 21.5. The van der Waals surface area contributed by atoms with Crippen LogP contribution in [0.5, 0.6) is 0 Å². The number of aryl methyl sites for hydroxylation is 1. The molecule has 0 saturated carbocycles. The van der Waals surface area contributed by atoms with Gasteiger partial charge in [0, 0.05) is 75.3 Å². The summed E-state index contributed by atoms with van der Waals surface area (Å²) >= 11 is 0. The lowest BCUT2D eigenvalue weighted by Crippen LogP contribution is -2.49. The van der Waals surface area contributed by atoms with Gasteiger partial charge in [-0.05, 0) is 41.5 Å². The number of carbonyl (C=O) groups is 5. The second-order valence-corrected chi connectivity index (χ2v) is 14.7. The summed E-state index contributed by atoms with van der Waals surface area (Å²) in [5.74, 6) is -5.21. The van der Waals surface area contributed by atoms with Gasteiger partial charge < -0.3 is 35.7 Å². The fraction of sp³-hybridized carbons (Fsp3) is 0.548. The van der Waals surface area contributed by atoms with E-state index in [0.717, 1.165) is 10.9 Å². The molecule has 0 aliphatic carbocycles. The van der Waals surface area contributed by atoms with Gasteiger partial charge in [0.05, 0.1) is 44.9 Å². The van der Waals surface area contributed by atoms with Crippen molar-refractivity contribution in [3.8, 4) is 0 Å². The smallest absolute Gasteiger partial charge is 0.327 e. The van der Waals surface area contributed by atoms with Crippen molar-refractivity contribution in [2.75, 3.05) is 103 Å². The van der Waals surface area contributed by atoms with Gasteiger partial charge in [-0.1, -0.05) is 0 Å². The van der Waals surface area contributed by atoms with Crippen molar-refractivity contribution < 1.29 is 52.8 Å². The van der Waals surface area contributed by atoms with E-state index in [9.17, 15) is 48.3 Å². The van der Waals surface area contributed by atoms with Gasteiger partial charge in [0.2, 0.25) is 27.5 Å². The Kier molecular flexibility index (Phi) is 17.6. The molecule has 0 radical (unpaired) electrons. The van der Waals surface area contributed by atoms with Crippen molar-refractivity contribution in [3.05, 3.63) is 40.2 Å². The molecule has 2 atom stereocenters. The third-order valence-electron chi connectivity index (χ3n) is 8.05. The van der Waals surface area contributed by atoms with Crippen molar-refractivity contribution in [3.63, 3.8) is 0 Å². The van der Waals surface area contributed by atoms with Crippen LogP contribution in [0, 0.1) is 6.92 Å². The van der Waals surface area contributed by atoms with Crippen LogP contribution in [0.25, 0.3) is 10.9 Å². The van der Waals surface area contributed by atoms with Gasteiger partial charge in [0.1, 0.15) is 6.04 Å². The van der Waals surface area contributed by atoms with Crippen LogP contribution in [0.1, 0.15) is 5.56 Å². The van der Waals surface area contributed by atoms with Gasteiger partial charge in [0.25, 0.3) is 0 Å². The number of nitrogens with zero attached hydrogens (tertiary/aromatic N) is 4. The number of fused-ring (bicyclic) bond motifs is 1. The van der Waals surface area contributed by atoms with E-state index < -0.39 is 59.0 Å². The second-order valence-electron chi connectivity index (χ2n) is 12.1. The zero-order valence-corrected chi connectivity index (χ0v) is 30.3. The first-order valence-corrected chi connectivity index (χ1v) is 18.9. The van der Waals surface area contributed by atoms with Crippen LogP contribution >= 0.6 is 10.8 Å². The Bertz CT molecular complexity index is 1640. The molecular formula is C31H45N7O12S2. The molecule has 3 rings (SSSR count). The summed E-state index contributed by atoms with van der Waals surface area (Å²) in [6.45, 7) is 4.55. The van der Waals surface area contributed by atoms with Crippen LogP contribution in [0.3, 0.4) is 0 Å². The number of anilines is 1. The third-order valence-corrected chi connectivity index (χ3v) is 9.74. The van der Waals surface area contributed by atoms with Crippen LogP contribution in [0.15, 0.2) is 29.1 Å². The van der Waals surface area contributed by atoms with E-state index in [2.05, 4.69) is 20.5 Å². The molecular weight excluding hydrogens is 727 g/mol. The first-order valence-electron chi connectivity index (χ1n) is 16.3. The summed E-state index contributed by atoms with van der Waals surface area (Å²) in [5.41, 5.74) is 1.59. The van der Waals surface area contributed by atoms with Crippen LogP contribution < -0.4 is 16.2 Å². The van der Waals surface area contributed by atoms with Gasteiger partial charge in [0.15, 0.2) is 0 Å². The van der Waals surface area contributed by atoms with E-state index in [0.29, 0.717) is 74.5 Å². The summed E-state index contributed by atoms with van der Waals surface area (Å²) in [6.07, 6.45) is 0. The Morgan fingerprint density at radius 1 is 0.904 bits per heavy atom. The maximum absolute atomic E-state index is 13.0. The number of rotatable bonds is 20. The van der Waals surface area contributed by atoms with Gasteiger partial charge >= 0.3 is 17.9 Å². The first kappa shape index (κ1) is 42.5. The number of H-pyrrole nitrogens is 1. The number of aromatic nitrogens is 1. The van der Waals surface area contributed by atoms with Gasteiger partial charge in [-0.2, -0.15) is 0 Å². The molecule has 1 saturated heterocycles. The zero-order chi connectivity index (χ0) is 38.2. The lowest BCUT2D eigenvalue weighted by atomic mass is 10.1. The van der Waals surface area contributed by atoms with Crippen LogP contribution in [0.2, 0.25) is 0 Å². The highest BCUT2D eigenvalue weighted by Crippen LogP contribution is 2.21. The predicted molar refractivity (Wildman–Crippen MR) is 193 cm³/mol. The SMILES string of the molecule is Cc1cc(NC(=O)CN(CCN2CCOCCN(CCN(CC(=O)O)CC(=O)NC(CSS(=O)O)C(=O)O)CC2)CC(=O)O)cc2[nH]c(=O)ccc12. The Balaban J connectivity index is 1.55. The molecule has 2 heterocycles. The number of aromatic amines is 1. The topological polar surface area (TPSA) is 262 Å². The third kappa shape index (κ3) is 15.7. The lowest BCUT2D eigenvalue weighted by molar-refractivity contribution is -0.142. The number of amides is 2. The summed E-state index contributed by atoms with van der Waals surface area (Å²) < 4.78 is 25.6. The normalized spacial score (nSPS) is 15.8. The van der Waals surface area contributed by atoms with Crippen molar-refractivity contribution in [2.45, 2.75) is 13.0 Å². The molecule has 1 fully saturated rings. The number of carboxylic acids is 3. The lowest BCUT2D eigenvalue weighted by Gasteiger charge is -2.29. The highest BCUT2D eigenvalue weighted by atomic mass is 33.1. The van der Waals surface area contributed by atoms with Gasteiger partial charge in [-0.15, -0.1) is 0 Å². The number of hydrogen-bond donors (Lipinski definition) is 7. The van der Waals surface area contributed by atoms with Gasteiger partial charge in [-0.25, -0.2) is 9.00 Å². The average molecular weight is 772 g/mol. The number of aliphatic carboxylic acids is 3. The summed E-state index contributed by atoms with van der Waals surface area (Å²) in [7, 11) is -1.89. The predicted octanol–water partition coefficient (Wildman–Crippen LogP) is -1.38. The van der Waals surface area contributed by atoms with Crippen molar-refractivity contribution in [1.29, 1.82) is 0 Å². The monoisotopic (exact) mass is 771 g/mol. The van der Waals surface area contributed by atoms with Crippen LogP contribution in [-0.4, -0.2) is 182 Å². The number of benzene rings is 1. The van der Waals surface area contributed by atoms with E-state index in [4.69, 9.17) is 9.29 Å². The number of pyridine rings is 1. The molecule has 1 aliphatic heterocycles. The molecule has 1 aromatic carbocycles. The molecule has 288 valence electrons. The highest BCUT2D eigenvalue weighted by molar-refractivity contribution is 8.67. The summed E-state index contributed by atoms with van der Waals surface area (Å²) in [4.78, 5) is 81.7. The fourth-order valence-corrected chi connectivity index (χ4v) is 6.73. The molecule has 1 aliphatic rings. The maximum Gasteiger partial charge on any atom is 0.327 e. The number of ether oxygens (including phenoxy) is 1. The standard InChI is InChI=1S/C31H45N7O12S2/c1-21-14-22(15-24-23(21)2-3-26(39)33-24)32-27(40)16-37(18-29(42)43)8-6-35-4-5-36(11-13-50-12-10-35)7-9-38(19-30(44)45)17-28(41)34-25(31(46)47)20-51-52(48)49/h2-3,14-15,25H,4-13,16-20H2,1H3,(H,32,40)(H,33,39)(H,34,41)(H,42,43)(H,44,45)(H,46,47)(H,48,49). The van der Waals surface area contributed by atoms with Crippen molar-refractivity contribution in [2.24, 2.45) is 0 Å². The Morgan fingerprint density at radius 2 is 1.48 bits per heavy atom. The van der Waals surface area contributed by atoms with E-state index in [1.54, 1.807) is 18.2 Å². The minimum Gasteiger partial charge on any atom is -0.480 e. The molecule has 19 nitrogen and oxygen atoms in total. The molecule has 1 aromatic heterocycles. The minimum absolute atomic E-state index is 0.154. The van der Waals surface area contributed by atoms with E-state index >= 15 is 0 Å². The molecule has 0 bridgehead atoms. The largest absolute Gasteiger partial charge is 0.480 e. The van der Waals surface area contributed by atoms with Crippen molar-refractivity contribution in [1.82, 2.24) is 29.9 Å². The van der Waals surface area contributed by atoms with Crippen LogP contribution in [-0.2, 0) is 38.8 Å². The molecule has 2 aromatic rings. The number of carbonyl (C=O) groups excluding carboxylic acids is 2. The van der Waals surface area contributed by atoms with E-state index in [1.807, 2.05) is 11.8 Å². The van der Waals surface area contributed by atoms with Crippen LogP contribution in [0.4, 0.5) is 5.69 Å². The number of hydrogen-bond acceptors (Lipinski definition) is 13. The molecule has 2 unspecified atom stereocenters. The number of nitrogens with one attached hydrogen (secondary N) is 3. The molecule has 7 N–H and O–H groups in total. The average Bonchev–Trinajstić information content (AvgIpc) is 3.15. The summed E-state index contributed by atoms with van der Waals surface area (Å²) in [5, 5.41) is 34.1. The Labute approximate surface area is 305 Å². The van der Waals surface area contributed by atoms with Crippen molar-refractivity contribution >= 4 is 67.2 Å². The highest BCUT2D eigenvalue weighted by Gasteiger charge is 2.24. The Hall–Kier alpha value is -3.96. The van der Waals surface area contributed by atoms with Gasteiger partial charge in [-0.3, -0.25) is 48.1 Å². The number of carboxylic acid groups (broad SMARTS) is 3. The summed E-state index contributed by atoms with van der Waals surface area (Å²) in [6, 6.07) is 5.10. The maximum atomic E-state index is 13.0. The van der Waals surface area contributed by atoms with E-state index in [-0.39, 0.29) is 37.5 Å². The van der Waals surface area contributed by atoms with E-state index in [1.165, 1.54) is 15.9 Å². The molecule has 2 amide bonds. The molecule has 0 spiro atoms. The quantitative estimate of drug-likeness (QED) is 0.0604. The zero-order valence-electron chi connectivity index (χ0n) is 28.7. The molecule has 52 heavy (non-hydrogen) atoms. The Morgan fingerprint density at radius 3 is 2.02 bits per heavy atom. The fourth-order valence-electron chi connectivity index (χ4n) is 5.50. The minimum atomic E-state index is -2.33. The molecule has 21 heteroatoms. The first-order chi connectivity index (χ1) is 24.7.